The summed E-state index contributed by atoms with van der Waals surface area (Å²) in [5.41, 5.74) is 6.69. The molecule has 0 aliphatic carbocycles. The maximum Gasteiger partial charge on any atom is 0.167 e. The number of hydrogen-bond acceptors (Lipinski definition) is 2. The van der Waals surface area contributed by atoms with Crippen molar-refractivity contribution in [3.63, 3.8) is 0 Å². The summed E-state index contributed by atoms with van der Waals surface area (Å²) in [6.07, 6.45) is 0. The third-order valence-corrected chi connectivity index (χ3v) is 2.53. The van der Waals surface area contributed by atoms with Crippen molar-refractivity contribution in [1.29, 1.82) is 5.41 Å². The van der Waals surface area contributed by atoms with Gasteiger partial charge in [-0.1, -0.05) is 18.2 Å². The molecule has 0 aliphatic rings. The fourth-order valence-corrected chi connectivity index (χ4v) is 1.58. The van der Waals surface area contributed by atoms with Gasteiger partial charge >= 0.3 is 0 Å². The molecule has 0 aromatic heterocycles. The molecular weight excluding hydrogens is 250 g/mol. The molecule has 0 fully saturated rings. The van der Waals surface area contributed by atoms with Crippen molar-refractivity contribution in [3.05, 3.63) is 65.2 Å². The van der Waals surface area contributed by atoms with Gasteiger partial charge in [0.15, 0.2) is 11.6 Å². The minimum absolute atomic E-state index is 0.0189. The number of rotatable bonds is 4. The summed E-state index contributed by atoms with van der Waals surface area (Å²) in [5, 5.41) is 7.32. The van der Waals surface area contributed by atoms with Crippen LogP contribution in [0.25, 0.3) is 0 Å². The first-order chi connectivity index (χ1) is 9.06. The first kappa shape index (κ1) is 13.0. The Kier molecular flexibility index (Phi) is 3.75. The molecule has 3 nitrogen and oxygen atoms in total. The standard InChI is InChI=1S/C14H12F2N2O/c15-11-4-5-13(12(16)7-11)19-8-9-2-1-3-10(6-9)14(17)18/h1-7H,8H2,(H3,17,18). The van der Waals surface area contributed by atoms with Gasteiger partial charge in [-0.05, 0) is 23.8 Å². The zero-order chi connectivity index (χ0) is 13.8. The van der Waals surface area contributed by atoms with Gasteiger partial charge in [-0.3, -0.25) is 5.41 Å². The monoisotopic (exact) mass is 262 g/mol. The molecule has 5 heteroatoms. The van der Waals surface area contributed by atoms with Gasteiger partial charge in [-0.25, -0.2) is 8.78 Å². The van der Waals surface area contributed by atoms with Crippen LogP contribution in [-0.2, 0) is 6.61 Å². The zero-order valence-corrected chi connectivity index (χ0v) is 9.99. The van der Waals surface area contributed by atoms with E-state index in [1.165, 1.54) is 6.07 Å². The Labute approximate surface area is 109 Å². The van der Waals surface area contributed by atoms with Crippen LogP contribution < -0.4 is 10.5 Å². The lowest BCUT2D eigenvalue weighted by molar-refractivity contribution is 0.289. The molecule has 2 aromatic carbocycles. The molecule has 0 atom stereocenters. The van der Waals surface area contributed by atoms with Gasteiger partial charge in [0, 0.05) is 11.6 Å². The molecule has 0 unspecified atom stereocenters. The Balaban J connectivity index is 2.10. The molecule has 0 bridgehead atoms. The average molecular weight is 262 g/mol. The largest absolute Gasteiger partial charge is 0.486 e. The first-order valence-electron chi connectivity index (χ1n) is 5.57. The van der Waals surface area contributed by atoms with Crippen LogP contribution in [0.4, 0.5) is 8.78 Å². The van der Waals surface area contributed by atoms with Crippen LogP contribution in [0, 0.1) is 17.0 Å². The van der Waals surface area contributed by atoms with Gasteiger partial charge in [-0.15, -0.1) is 0 Å². The number of ether oxygens (including phenoxy) is 1. The topological polar surface area (TPSA) is 59.1 Å². The SMILES string of the molecule is N=C(N)c1cccc(COc2ccc(F)cc2F)c1. The van der Waals surface area contributed by atoms with E-state index < -0.39 is 11.6 Å². The Morgan fingerprint density at radius 1 is 1.16 bits per heavy atom. The summed E-state index contributed by atoms with van der Waals surface area (Å²) >= 11 is 0. The van der Waals surface area contributed by atoms with Crippen LogP contribution in [0.1, 0.15) is 11.1 Å². The van der Waals surface area contributed by atoms with Gasteiger partial charge < -0.3 is 10.5 Å². The Bertz CT molecular complexity index is 614. The summed E-state index contributed by atoms with van der Waals surface area (Å²) in [7, 11) is 0. The lowest BCUT2D eigenvalue weighted by atomic mass is 10.1. The molecule has 0 aliphatic heterocycles. The molecule has 0 spiro atoms. The van der Waals surface area contributed by atoms with Crippen LogP contribution in [0.5, 0.6) is 5.75 Å². The lowest BCUT2D eigenvalue weighted by Gasteiger charge is -2.08. The van der Waals surface area contributed by atoms with Crippen molar-refractivity contribution in [2.45, 2.75) is 6.61 Å². The molecule has 0 heterocycles. The molecule has 2 rings (SSSR count). The van der Waals surface area contributed by atoms with Crippen molar-refractivity contribution in [1.82, 2.24) is 0 Å². The second-order valence-corrected chi connectivity index (χ2v) is 3.98. The van der Waals surface area contributed by atoms with Crippen LogP contribution in [0.3, 0.4) is 0 Å². The predicted molar refractivity (Wildman–Crippen MR) is 68.1 cm³/mol. The van der Waals surface area contributed by atoms with Crippen molar-refractivity contribution in [3.8, 4) is 5.75 Å². The quantitative estimate of drug-likeness (QED) is 0.657. The molecule has 98 valence electrons. The van der Waals surface area contributed by atoms with E-state index in [1.54, 1.807) is 24.3 Å². The molecule has 0 radical (unpaired) electrons. The second kappa shape index (κ2) is 5.48. The lowest BCUT2D eigenvalue weighted by Crippen LogP contribution is -2.11. The summed E-state index contributed by atoms with van der Waals surface area (Å²) in [5.74, 6) is -1.46. The first-order valence-corrected chi connectivity index (χ1v) is 5.57. The van der Waals surface area contributed by atoms with Gasteiger partial charge in [0.2, 0.25) is 0 Å². The normalized spacial score (nSPS) is 10.2. The minimum atomic E-state index is -0.747. The van der Waals surface area contributed by atoms with Crippen molar-refractivity contribution < 1.29 is 13.5 Å². The van der Waals surface area contributed by atoms with Crippen LogP contribution in [0.2, 0.25) is 0 Å². The number of hydrogen-bond donors (Lipinski definition) is 2. The molecule has 3 N–H and O–H groups in total. The van der Waals surface area contributed by atoms with Crippen molar-refractivity contribution in [2.75, 3.05) is 0 Å². The number of halogens is 2. The molecular formula is C14H12F2N2O. The summed E-state index contributed by atoms with van der Waals surface area (Å²) in [6, 6.07) is 10.0. The van der Waals surface area contributed by atoms with E-state index in [1.807, 2.05) is 0 Å². The predicted octanol–water partition coefficient (Wildman–Crippen LogP) is 2.83. The highest BCUT2D eigenvalue weighted by atomic mass is 19.1. The molecule has 0 amide bonds. The van der Waals surface area contributed by atoms with Crippen LogP contribution in [-0.4, -0.2) is 5.84 Å². The van der Waals surface area contributed by atoms with Crippen molar-refractivity contribution in [2.24, 2.45) is 5.73 Å². The van der Waals surface area contributed by atoms with E-state index in [4.69, 9.17) is 15.9 Å². The maximum atomic E-state index is 13.3. The number of amidine groups is 1. The highest BCUT2D eigenvalue weighted by molar-refractivity contribution is 5.95. The van der Waals surface area contributed by atoms with E-state index >= 15 is 0 Å². The fourth-order valence-electron chi connectivity index (χ4n) is 1.58. The summed E-state index contributed by atoms with van der Waals surface area (Å²) in [4.78, 5) is 0. The van der Waals surface area contributed by atoms with E-state index in [9.17, 15) is 8.78 Å². The highest BCUT2D eigenvalue weighted by Crippen LogP contribution is 2.19. The smallest absolute Gasteiger partial charge is 0.167 e. The third kappa shape index (κ3) is 3.28. The van der Waals surface area contributed by atoms with Gasteiger partial charge in [0.25, 0.3) is 0 Å². The molecule has 19 heavy (non-hydrogen) atoms. The van der Waals surface area contributed by atoms with Gasteiger partial charge in [0.05, 0.1) is 0 Å². The number of nitrogens with two attached hydrogens (primary N) is 1. The Morgan fingerprint density at radius 3 is 2.63 bits per heavy atom. The highest BCUT2D eigenvalue weighted by Gasteiger charge is 2.05. The summed E-state index contributed by atoms with van der Waals surface area (Å²) in [6.45, 7) is 0.115. The average Bonchev–Trinajstić information content (AvgIpc) is 2.38. The van der Waals surface area contributed by atoms with Gasteiger partial charge in [0.1, 0.15) is 18.3 Å². The maximum absolute atomic E-state index is 13.3. The number of nitrogens with one attached hydrogen (secondary N) is 1. The Morgan fingerprint density at radius 2 is 1.95 bits per heavy atom. The van der Waals surface area contributed by atoms with Crippen molar-refractivity contribution >= 4 is 5.84 Å². The Hall–Kier alpha value is -2.43. The third-order valence-electron chi connectivity index (χ3n) is 2.53. The van der Waals surface area contributed by atoms with E-state index in [-0.39, 0.29) is 18.2 Å². The fraction of sp³-hybridized carbons (Fsp3) is 0.0714. The van der Waals surface area contributed by atoms with E-state index in [2.05, 4.69) is 0 Å². The van der Waals surface area contributed by atoms with E-state index in [0.717, 1.165) is 17.7 Å². The number of benzene rings is 2. The van der Waals surface area contributed by atoms with Crippen LogP contribution in [0.15, 0.2) is 42.5 Å². The number of nitrogen functional groups attached to an aromatic ring is 1. The second-order valence-electron chi connectivity index (χ2n) is 3.98. The molecule has 0 saturated carbocycles. The van der Waals surface area contributed by atoms with Crippen LogP contribution >= 0.6 is 0 Å². The summed E-state index contributed by atoms with van der Waals surface area (Å²) < 4.78 is 31.3. The van der Waals surface area contributed by atoms with E-state index in [0.29, 0.717) is 5.56 Å². The van der Waals surface area contributed by atoms with Gasteiger partial charge in [-0.2, -0.15) is 0 Å². The molecule has 2 aromatic rings. The molecule has 0 saturated heterocycles. The zero-order valence-electron chi connectivity index (χ0n) is 9.99. The minimum Gasteiger partial charge on any atom is -0.486 e.